The van der Waals surface area contributed by atoms with E-state index < -0.39 is 0 Å². The Morgan fingerprint density at radius 2 is 2.00 bits per heavy atom. The number of nitrogens with one attached hydrogen (secondary N) is 1. The number of aryl methyl sites for hydroxylation is 2. The number of ether oxygens (including phenoxy) is 1. The number of rotatable bonds is 5. The third kappa shape index (κ3) is 4.01. The molecular weight excluding hydrogens is 358 g/mol. The SMILES string of the molecule is Cc1nsnc1COc1ccc(C(=O)NC2CCCc3ccccc32)cc1. The average Bonchev–Trinajstić information content (AvgIpc) is 3.12. The number of carbonyl (C=O) groups excluding carboxylic acids is 1. The highest BCUT2D eigenvalue weighted by atomic mass is 32.1. The molecule has 1 aliphatic rings. The van der Waals surface area contributed by atoms with Crippen LogP contribution in [0.15, 0.2) is 48.5 Å². The molecule has 6 heteroatoms. The number of carbonyl (C=O) groups is 1. The van der Waals surface area contributed by atoms with E-state index in [-0.39, 0.29) is 11.9 Å². The van der Waals surface area contributed by atoms with Gasteiger partial charge in [0, 0.05) is 5.56 Å². The number of hydrogen-bond acceptors (Lipinski definition) is 5. The fraction of sp³-hybridized carbons (Fsp3) is 0.286. The number of benzene rings is 2. The van der Waals surface area contributed by atoms with Crippen molar-refractivity contribution in [3.63, 3.8) is 0 Å². The number of aromatic nitrogens is 2. The second kappa shape index (κ2) is 7.88. The molecule has 1 heterocycles. The fourth-order valence-electron chi connectivity index (χ4n) is 3.38. The maximum absolute atomic E-state index is 12.7. The standard InChI is InChI=1S/C21H21N3O2S/c1-14-20(24-27-23-14)13-26-17-11-9-16(10-12-17)21(25)22-19-8-4-6-15-5-2-3-7-18(15)19/h2-3,5,7,9-12,19H,4,6,8,13H2,1H3,(H,22,25). The second-order valence-corrected chi connectivity index (χ2v) is 7.25. The Balaban J connectivity index is 1.39. The van der Waals surface area contributed by atoms with Gasteiger partial charge >= 0.3 is 0 Å². The summed E-state index contributed by atoms with van der Waals surface area (Å²) in [5.74, 6) is 0.657. The van der Waals surface area contributed by atoms with Gasteiger partial charge < -0.3 is 10.1 Å². The topological polar surface area (TPSA) is 64.1 Å². The zero-order valence-electron chi connectivity index (χ0n) is 15.1. The predicted molar refractivity (Wildman–Crippen MR) is 105 cm³/mol. The van der Waals surface area contributed by atoms with Crippen LogP contribution in [0.5, 0.6) is 5.75 Å². The Morgan fingerprint density at radius 3 is 2.78 bits per heavy atom. The summed E-state index contributed by atoms with van der Waals surface area (Å²) >= 11 is 1.19. The molecule has 0 saturated carbocycles. The van der Waals surface area contributed by atoms with E-state index >= 15 is 0 Å². The van der Waals surface area contributed by atoms with Crippen LogP contribution in [0.4, 0.5) is 0 Å². The molecule has 0 spiro atoms. The first kappa shape index (κ1) is 17.7. The molecule has 5 nitrogen and oxygen atoms in total. The van der Waals surface area contributed by atoms with E-state index in [0.29, 0.717) is 17.9 Å². The Hall–Kier alpha value is -2.73. The molecule has 1 aromatic heterocycles. The molecule has 0 fully saturated rings. The summed E-state index contributed by atoms with van der Waals surface area (Å²) in [6.45, 7) is 2.30. The molecule has 1 atom stereocenters. The van der Waals surface area contributed by atoms with Crippen LogP contribution in [0.25, 0.3) is 0 Å². The van der Waals surface area contributed by atoms with Crippen LogP contribution in [-0.4, -0.2) is 14.7 Å². The van der Waals surface area contributed by atoms with E-state index in [4.69, 9.17) is 4.74 Å². The Kier molecular flexibility index (Phi) is 5.16. The molecule has 0 bridgehead atoms. The number of amides is 1. The van der Waals surface area contributed by atoms with Crippen LogP contribution >= 0.6 is 11.7 Å². The summed E-state index contributed by atoms with van der Waals surface area (Å²) in [6.07, 6.45) is 3.16. The minimum Gasteiger partial charge on any atom is -0.487 e. The molecule has 0 radical (unpaired) electrons. The minimum atomic E-state index is -0.0530. The Labute approximate surface area is 162 Å². The van der Waals surface area contributed by atoms with Gasteiger partial charge in [-0.2, -0.15) is 8.75 Å². The maximum Gasteiger partial charge on any atom is 0.251 e. The van der Waals surface area contributed by atoms with Crippen LogP contribution in [0, 0.1) is 6.92 Å². The van der Waals surface area contributed by atoms with Crippen molar-refractivity contribution in [2.24, 2.45) is 0 Å². The van der Waals surface area contributed by atoms with Crippen molar-refractivity contribution in [1.29, 1.82) is 0 Å². The van der Waals surface area contributed by atoms with E-state index in [1.165, 1.54) is 22.9 Å². The van der Waals surface area contributed by atoms with Crippen LogP contribution in [0.2, 0.25) is 0 Å². The highest BCUT2D eigenvalue weighted by Gasteiger charge is 2.21. The summed E-state index contributed by atoms with van der Waals surface area (Å²) < 4.78 is 14.1. The van der Waals surface area contributed by atoms with Gasteiger partial charge in [0.05, 0.1) is 23.5 Å². The molecule has 1 aliphatic carbocycles. The zero-order valence-corrected chi connectivity index (χ0v) is 16.0. The minimum absolute atomic E-state index is 0.0530. The summed E-state index contributed by atoms with van der Waals surface area (Å²) in [4.78, 5) is 12.7. The highest BCUT2D eigenvalue weighted by Crippen LogP contribution is 2.29. The molecule has 4 rings (SSSR count). The molecule has 27 heavy (non-hydrogen) atoms. The van der Waals surface area contributed by atoms with Crippen molar-refractivity contribution >= 4 is 17.6 Å². The summed E-state index contributed by atoms with van der Waals surface area (Å²) in [6, 6.07) is 15.7. The lowest BCUT2D eigenvalue weighted by molar-refractivity contribution is 0.0932. The molecule has 1 N–H and O–H groups in total. The van der Waals surface area contributed by atoms with Crippen molar-refractivity contribution < 1.29 is 9.53 Å². The van der Waals surface area contributed by atoms with E-state index in [0.717, 1.165) is 30.7 Å². The maximum atomic E-state index is 12.7. The van der Waals surface area contributed by atoms with Crippen LogP contribution < -0.4 is 10.1 Å². The van der Waals surface area contributed by atoms with Crippen LogP contribution in [-0.2, 0) is 13.0 Å². The summed E-state index contributed by atoms with van der Waals surface area (Å²) in [7, 11) is 0. The van der Waals surface area contributed by atoms with Gasteiger partial charge in [0.25, 0.3) is 5.91 Å². The van der Waals surface area contributed by atoms with Gasteiger partial charge in [0.15, 0.2) is 0 Å². The third-order valence-corrected chi connectivity index (χ3v) is 5.57. The van der Waals surface area contributed by atoms with E-state index in [1.54, 1.807) is 12.1 Å². The highest BCUT2D eigenvalue weighted by molar-refractivity contribution is 6.99. The van der Waals surface area contributed by atoms with Gasteiger partial charge in [0.2, 0.25) is 0 Å². The first-order valence-electron chi connectivity index (χ1n) is 9.10. The molecule has 3 aromatic rings. The normalized spacial score (nSPS) is 15.8. The van der Waals surface area contributed by atoms with E-state index in [1.807, 2.05) is 25.1 Å². The van der Waals surface area contributed by atoms with Gasteiger partial charge in [-0.1, -0.05) is 24.3 Å². The van der Waals surface area contributed by atoms with Gasteiger partial charge in [-0.25, -0.2) is 0 Å². The summed E-state index contributed by atoms with van der Waals surface area (Å²) in [5, 5.41) is 3.18. The van der Waals surface area contributed by atoms with Crippen molar-refractivity contribution in [3.05, 3.63) is 76.6 Å². The molecular formula is C21H21N3O2S. The van der Waals surface area contributed by atoms with Crippen molar-refractivity contribution in [2.45, 2.75) is 38.8 Å². The first-order chi connectivity index (χ1) is 13.2. The molecule has 1 unspecified atom stereocenters. The number of hydrogen-bond donors (Lipinski definition) is 1. The molecule has 0 saturated heterocycles. The largest absolute Gasteiger partial charge is 0.487 e. The lowest BCUT2D eigenvalue weighted by Crippen LogP contribution is -2.30. The first-order valence-corrected chi connectivity index (χ1v) is 9.83. The Bertz CT molecular complexity index is 937. The molecule has 2 aromatic carbocycles. The smallest absolute Gasteiger partial charge is 0.251 e. The second-order valence-electron chi connectivity index (χ2n) is 6.73. The fourth-order valence-corrected chi connectivity index (χ4v) is 3.93. The molecule has 1 amide bonds. The van der Waals surface area contributed by atoms with Crippen molar-refractivity contribution in [2.75, 3.05) is 0 Å². The van der Waals surface area contributed by atoms with E-state index in [9.17, 15) is 4.79 Å². The average molecular weight is 379 g/mol. The van der Waals surface area contributed by atoms with Gasteiger partial charge in [-0.05, 0) is 61.6 Å². The number of nitrogens with zero attached hydrogens (tertiary/aromatic N) is 2. The molecule has 0 aliphatic heterocycles. The van der Waals surface area contributed by atoms with Crippen molar-refractivity contribution in [1.82, 2.24) is 14.1 Å². The Morgan fingerprint density at radius 1 is 1.19 bits per heavy atom. The van der Waals surface area contributed by atoms with Gasteiger partial charge in [-0.15, -0.1) is 0 Å². The van der Waals surface area contributed by atoms with Gasteiger partial charge in [0.1, 0.15) is 18.1 Å². The van der Waals surface area contributed by atoms with Crippen LogP contribution in [0.1, 0.15) is 51.8 Å². The van der Waals surface area contributed by atoms with Crippen LogP contribution in [0.3, 0.4) is 0 Å². The lowest BCUT2D eigenvalue weighted by Gasteiger charge is -2.26. The van der Waals surface area contributed by atoms with Crippen molar-refractivity contribution in [3.8, 4) is 5.75 Å². The van der Waals surface area contributed by atoms with E-state index in [2.05, 4.69) is 32.3 Å². The third-order valence-electron chi connectivity index (χ3n) is 4.91. The zero-order chi connectivity index (χ0) is 18.6. The van der Waals surface area contributed by atoms with Gasteiger partial charge in [-0.3, -0.25) is 4.79 Å². The molecule has 138 valence electrons. The number of fused-ring (bicyclic) bond motifs is 1. The lowest BCUT2D eigenvalue weighted by atomic mass is 9.87. The monoisotopic (exact) mass is 379 g/mol. The predicted octanol–water partition coefficient (Wildman–Crippen LogP) is 4.23. The quantitative estimate of drug-likeness (QED) is 0.720. The summed E-state index contributed by atoms with van der Waals surface area (Å²) in [5.41, 5.74) is 4.95.